The molecule has 2 N–H and O–H groups in total. The summed E-state index contributed by atoms with van der Waals surface area (Å²) in [6, 6.07) is 11.7. The minimum atomic E-state index is -3.77. The zero-order valence-corrected chi connectivity index (χ0v) is 18.8. The van der Waals surface area contributed by atoms with E-state index in [2.05, 4.69) is 10.6 Å². The zero-order valence-electron chi connectivity index (χ0n) is 18.0. The maximum absolute atomic E-state index is 13.2. The van der Waals surface area contributed by atoms with Crippen LogP contribution in [-0.4, -0.2) is 43.7 Å². The van der Waals surface area contributed by atoms with E-state index in [-0.39, 0.29) is 17.5 Å². The van der Waals surface area contributed by atoms with Crippen molar-refractivity contribution in [3.05, 3.63) is 59.9 Å². The van der Waals surface area contributed by atoms with E-state index in [9.17, 15) is 22.4 Å². The number of amides is 2. The van der Waals surface area contributed by atoms with Gasteiger partial charge in [0.15, 0.2) is 0 Å². The number of anilines is 1. The van der Waals surface area contributed by atoms with Crippen molar-refractivity contribution in [1.82, 2.24) is 9.62 Å². The fourth-order valence-corrected chi connectivity index (χ4v) is 5.49. The number of nitrogens with zero attached hydrogens (tertiary/aromatic N) is 1. The van der Waals surface area contributed by atoms with E-state index in [0.29, 0.717) is 25.1 Å². The van der Waals surface area contributed by atoms with Gasteiger partial charge in [-0.05, 0) is 67.6 Å². The largest absolute Gasteiger partial charge is 0.348 e. The third-order valence-corrected chi connectivity index (χ3v) is 7.55. The van der Waals surface area contributed by atoms with Crippen molar-refractivity contribution < 1.29 is 22.4 Å². The van der Waals surface area contributed by atoms with E-state index in [1.165, 1.54) is 16.4 Å². The summed E-state index contributed by atoms with van der Waals surface area (Å²) in [6.07, 6.45) is 3.53. The molecule has 0 aliphatic carbocycles. The zero-order chi connectivity index (χ0) is 23.1. The van der Waals surface area contributed by atoms with Crippen LogP contribution in [0.5, 0.6) is 0 Å². The SMILES string of the molecule is CCc1ccc(NC(=O)C(=O)NCCC2CCCCN2S(=O)(=O)c2ccc(F)cc2)cc1. The number of piperidine rings is 1. The Morgan fingerprint density at radius 1 is 1.03 bits per heavy atom. The molecule has 1 aliphatic rings. The van der Waals surface area contributed by atoms with Crippen LogP contribution in [0.3, 0.4) is 0 Å². The van der Waals surface area contributed by atoms with Gasteiger partial charge in [-0.3, -0.25) is 9.59 Å². The van der Waals surface area contributed by atoms with Crippen LogP contribution in [0.1, 0.15) is 38.2 Å². The minimum absolute atomic E-state index is 0.0447. The lowest BCUT2D eigenvalue weighted by atomic mass is 10.0. The summed E-state index contributed by atoms with van der Waals surface area (Å²) in [6.45, 7) is 2.56. The maximum atomic E-state index is 13.2. The highest BCUT2D eigenvalue weighted by Gasteiger charge is 2.33. The molecular formula is C23H28FN3O4S. The summed E-state index contributed by atoms with van der Waals surface area (Å²) in [5.41, 5.74) is 1.66. The molecule has 32 heavy (non-hydrogen) atoms. The molecule has 1 saturated heterocycles. The van der Waals surface area contributed by atoms with Crippen molar-refractivity contribution in [2.24, 2.45) is 0 Å². The quantitative estimate of drug-likeness (QED) is 0.620. The van der Waals surface area contributed by atoms with Crippen molar-refractivity contribution in [2.45, 2.75) is 50.0 Å². The lowest BCUT2D eigenvalue weighted by molar-refractivity contribution is -0.136. The first-order chi connectivity index (χ1) is 15.3. The predicted molar refractivity (Wildman–Crippen MR) is 120 cm³/mol. The molecule has 9 heteroatoms. The number of hydrogen-bond donors (Lipinski definition) is 2. The lowest BCUT2D eigenvalue weighted by Crippen LogP contribution is -2.45. The van der Waals surface area contributed by atoms with Crippen LogP contribution >= 0.6 is 0 Å². The number of halogens is 1. The van der Waals surface area contributed by atoms with E-state index >= 15 is 0 Å². The van der Waals surface area contributed by atoms with Gasteiger partial charge in [-0.1, -0.05) is 25.5 Å². The third-order valence-electron chi connectivity index (χ3n) is 5.58. The molecule has 0 bridgehead atoms. The molecule has 1 fully saturated rings. The lowest BCUT2D eigenvalue weighted by Gasteiger charge is -2.34. The van der Waals surface area contributed by atoms with Crippen LogP contribution in [-0.2, 0) is 26.0 Å². The Morgan fingerprint density at radius 3 is 2.38 bits per heavy atom. The van der Waals surface area contributed by atoms with Gasteiger partial charge in [-0.15, -0.1) is 0 Å². The fraction of sp³-hybridized carbons (Fsp3) is 0.391. The van der Waals surface area contributed by atoms with Gasteiger partial charge in [0, 0.05) is 24.8 Å². The van der Waals surface area contributed by atoms with Crippen molar-refractivity contribution in [2.75, 3.05) is 18.4 Å². The van der Waals surface area contributed by atoms with E-state index in [1.54, 1.807) is 12.1 Å². The number of sulfonamides is 1. The summed E-state index contributed by atoms with van der Waals surface area (Å²) in [5.74, 6) is -2.04. The maximum Gasteiger partial charge on any atom is 0.313 e. The van der Waals surface area contributed by atoms with Crippen LogP contribution < -0.4 is 10.6 Å². The van der Waals surface area contributed by atoms with E-state index < -0.39 is 27.7 Å². The Balaban J connectivity index is 1.55. The summed E-state index contributed by atoms with van der Waals surface area (Å²) in [4.78, 5) is 24.3. The second-order valence-corrected chi connectivity index (χ2v) is 9.66. The van der Waals surface area contributed by atoms with Gasteiger partial charge < -0.3 is 10.6 Å². The van der Waals surface area contributed by atoms with E-state index in [0.717, 1.165) is 37.0 Å². The highest BCUT2D eigenvalue weighted by Crippen LogP contribution is 2.27. The van der Waals surface area contributed by atoms with Crippen LogP contribution in [0.15, 0.2) is 53.4 Å². The molecule has 3 rings (SSSR count). The Labute approximate surface area is 188 Å². The molecule has 0 spiro atoms. The number of carbonyl (C=O) groups is 2. The molecule has 2 amide bonds. The Kier molecular flexibility index (Phi) is 7.98. The number of benzene rings is 2. The molecule has 1 heterocycles. The van der Waals surface area contributed by atoms with Gasteiger partial charge in [0.05, 0.1) is 4.90 Å². The second kappa shape index (κ2) is 10.7. The highest BCUT2D eigenvalue weighted by atomic mass is 32.2. The fourth-order valence-electron chi connectivity index (χ4n) is 3.77. The predicted octanol–water partition coefficient (Wildman–Crippen LogP) is 3.08. The summed E-state index contributed by atoms with van der Waals surface area (Å²) in [7, 11) is -3.77. The molecule has 0 radical (unpaired) electrons. The molecule has 2 aromatic rings. The smallest absolute Gasteiger partial charge is 0.313 e. The van der Waals surface area contributed by atoms with Crippen LogP contribution in [0.4, 0.5) is 10.1 Å². The van der Waals surface area contributed by atoms with Crippen LogP contribution in [0.2, 0.25) is 0 Å². The second-order valence-electron chi connectivity index (χ2n) is 7.77. The molecule has 1 unspecified atom stereocenters. The van der Waals surface area contributed by atoms with Crippen molar-refractivity contribution in [1.29, 1.82) is 0 Å². The first-order valence-corrected chi connectivity index (χ1v) is 12.2. The molecule has 0 saturated carbocycles. The molecule has 172 valence electrons. The van der Waals surface area contributed by atoms with Crippen LogP contribution in [0, 0.1) is 5.82 Å². The molecule has 0 aromatic heterocycles. The Bertz CT molecular complexity index is 1040. The van der Waals surface area contributed by atoms with Crippen molar-refractivity contribution >= 4 is 27.5 Å². The average molecular weight is 462 g/mol. The minimum Gasteiger partial charge on any atom is -0.348 e. The van der Waals surface area contributed by atoms with Crippen LogP contribution in [0.25, 0.3) is 0 Å². The van der Waals surface area contributed by atoms with Gasteiger partial charge >= 0.3 is 11.8 Å². The highest BCUT2D eigenvalue weighted by molar-refractivity contribution is 7.89. The molecule has 1 atom stereocenters. The summed E-state index contributed by atoms with van der Waals surface area (Å²) >= 11 is 0. The summed E-state index contributed by atoms with van der Waals surface area (Å²) in [5, 5.41) is 5.12. The number of carbonyl (C=O) groups excluding carboxylic acids is 2. The van der Waals surface area contributed by atoms with Gasteiger partial charge in [0.1, 0.15) is 5.82 Å². The van der Waals surface area contributed by atoms with E-state index in [4.69, 9.17) is 0 Å². The van der Waals surface area contributed by atoms with Gasteiger partial charge in [0.2, 0.25) is 10.0 Å². The van der Waals surface area contributed by atoms with Crippen molar-refractivity contribution in [3.8, 4) is 0 Å². The Morgan fingerprint density at radius 2 is 1.72 bits per heavy atom. The summed E-state index contributed by atoms with van der Waals surface area (Å²) < 4.78 is 40.6. The van der Waals surface area contributed by atoms with Gasteiger partial charge in [-0.25, -0.2) is 12.8 Å². The number of aryl methyl sites for hydroxylation is 1. The van der Waals surface area contributed by atoms with Gasteiger partial charge in [-0.2, -0.15) is 4.31 Å². The standard InChI is InChI=1S/C23H28FN3O4S/c1-2-17-6-10-19(11-7-17)26-23(29)22(28)25-15-14-20-5-3-4-16-27(20)32(30,31)21-12-8-18(24)9-13-21/h6-13,20H,2-5,14-16H2,1H3,(H,25,28)(H,26,29). The molecular weight excluding hydrogens is 433 g/mol. The number of nitrogens with one attached hydrogen (secondary N) is 2. The first kappa shape index (κ1) is 23.9. The third kappa shape index (κ3) is 5.92. The van der Waals surface area contributed by atoms with E-state index in [1.807, 2.05) is 19.1 Å². The monoisotopic (exact) mass is 461 g/mol. The Hall–Kier alpha value is -2.78. The first-order valence-electron chi connectivity index (χ1n) is 10.8. The molecule has 7 nitrogen and oxygen atoms in total. The molecule has 2 aromatic carbocycles. The number of hydrogen-bond acceptors (Lipinski definition) is 4. The topological polar surface area (TPSA) is 95.6 Å². The average Bonchev–Trinajstić information content (AvgIpc) is 2.80. The normalized spacial score (nSPS) is 17.0. The number of rotatable bonds is 7. The van der Waals surface area contributed by atoms with Crippen molar-refractivity contribution in [3.63, 3.8) is 0 Å². The molecule has 1 aliphatic heterocycles. The van der Waals surface area contributed by atoms with Gasteiger partial charge in [0.25, 0.3) is 0 Å².